The molecule has 1 N–H and O–H groups in total. The van der Waals surface area contributed by atoms with E-state index in [-0.39, 0.29) is 30.7 Å². The van der Waals surface area contributed by atoms with Gasteiger partial charge in [0, 0.05) is 47.4 Å². The molecule has 0 spiro atoms. The van der Waals surface area contributed by atoms with Gasteiger partial charge in [-0.25, -0.2) is 4.98 Å². The molecule has 2 aliphatic heterocycles. The predicted octanol–water partition coefficient (Wildman–Crippen LogP) is 8.57. The van der Waals surface area contributed by atoms with Gasteiger partial charge in [-0.05, 0) is 75.8 Å². The zero-order chi connectivity index (χ0) is 32.3. The number of anilines is 2. The number of pyridine rings is 1. The van der Waals surface area contributed by atoms with E-state index in [1.54, 1.807) is 6.07 Å². The molecule has 1 saturated heterocycles. The van der Waals surface area contributed by atoms with Crippen molar-refractivity contribution in [1.82, 2.24) is 20.1 Å². The standard InChI is InChI=1S/C20H29N3O2.C18H20N2S.2ClH/c1-4-7-14-25-19-15-17(16-10-8-9-11-18(16)22-19)20(24)21-12-13-23(5-2)6-3;1-19-11-10-14(12-19)13-20-15-6-2-4-8-17(15)21-18-9-5-3-7-16(18)20;;/h8-11,15H,4-7,12-14H2,1-3H3,(H,21,24);2-9,14H,10-13H2,1H3;2*1H. The van der Waals surface area contributed by atoms with Crippen LogP contribution in [0.25, 0.3) is 10.9 Å². The van der Waals surface area contributed by atoms with Gasteiger partial charge in [-0.15, -0.1) is 24.8 Å². The second kappa shape index (κ2) is 19.9. The summed E-state index contributed by atoms with van der Waals surface area (Å²) in [6, 6.07) is 27.0. The Hall–Kier alpha value is -3.01. The van der Waals surface area contributed by atoms with Crippen LogP contribution in [0.15, 0.2) is 88.7 Å². The number of hydrogen-bond acceptors (Lipinski definition) is 7. The van der Waals surface area contributed by atoms with Crippen LogP contribution >= 0.6 is 36.6 Å². The van der Waals surface area contributed by atoms with Crippen LogP contribution in [0, 0.1) is 5.92 Å². The summed E-state index contributed by atoms with van der Waals surface area (Å²) in [6.45, 7) is 14.0. The first-order chi connectivity index (χ1) is 22.5. The lowest BCUT2D eigenvalue weighted by Crippen LogP contribution is -2.34. The quantitative estimate of drug-likeness (QED) is 0.148. The van der Waals surface area contributed by atoms with Crippen molar-refractivity contribution in [3.8, 4) is 5.88 Å². The van der Waals surface area contributed by atoms with E-state index < -0.39 is 0 Å². The molecule has 10 heteroatoms. The number of para-hydroxylation sites is 3. The fourth-order valence-corrected chi connectivity index (χ4v) is 7.20. The number of hydrogen-bond donors (Lipinski definition) is 1. The summed E-state index contributed by atoms with van der Waals surface area (Å²) < 4.78 is 5.72. The highest BCUT2D eigenvalue weighted by Crippen LogP contribution is 2.48. The van der Waals surface area contributed by atoms with Crippen molar-refractivity contribution in [3.05, 3.63) is 84.4 Å². The third kappa shape index (κ3) is 10.3. The number of carbonyl (C=O) groups is 1. The minimum atomic E-state index is -0.0777. The number of halogens is 2. The largest absolute Gasteiger partial charge is 0.478 e. The Kier molecular flexibility index (Phi) is 16.3. The fourth-order valence-electron chi connectivity index (χ4n) is 6.11. The van der Waals surface area contributed by atoms with Crippen LogP contribution in [0.4, 0.5) is 11.4 Å². The van der Waals surface area contributed by atoms with Crippen LogP contribution in [-0.2, 0) is 0 Å². The fraction of sp³-hybridized carbons (Fsp3) is 0.421. The Labute approximate surface area is 303 Å². The van der Waals surface area contributed by atoms with E-state index >= 15 is 0 Å². The molecule has 3 heterocycles. The average molecular weight is 713 g/mol. The molecule has 4 aromatic rings. The molecule has 7 nitrogen and oxygen atoms in total. The number of carbonyl (C=O) groups excluding carboxylic acids is 1. The highest BCUT2D eigenvalue weighted by atomic mass is 35.5. The minimum absolute atomic E-state index is 0. The summed E-state index contributed by atoms with van der Waals surface area (Å²) in [5.41, 5.74) is 4.15. The monoisotopic (exact) mass is 711 g/mol. The molecule has 2 aliphatic rings. The number of ether oxygens (including phenoxy) is 1. The highest BCUT2D eigenvalue weighted by molar-refractivity contribution is 7.99. The van der Waals surface area contributed by atoms with E-state index in [9.17, 15) is 4.79 Å². The lowest BCUT2D eigenvalue weighted by Gasteiger charge is -2.34. The second-order valence-corrected chi connectivity index (χ2v) is 13.2. The zero-order valence-electron chi connectivity index (χ0n) is 28.7. The van der Waals surface area contributed by atoms with Gasteiger partial charge in [-0.3, -0.25) is 4.79 Å². The van der Waals surface area contributed by atoms with Gasteiger partial charge in [0.05, 0.1) is 29.1 Å². The second-order valence-electron chi connectivity index (χ2n) is 12.1. The molecule has 1 unspecified atom stereocenters. The molecule has 0 radical (unpaired) electrons. The number of fused-ring (bicyclic) bond motifs is 3. The third-order valence-corrected chi connectivity index (χ3v) is 9.89. The van der Waals surface area contributed by atoms with Crippen molar-refractivity contribution < 1.29 is 9.53 Å². The Balaban J connectivity index is 0.000000252. The maximum atomic E-state index is 12.7. The molecular weight excluding hydrogens is 661 g/mol. The predicted molar refractivity (Wildman–Crippen MR) is 206 cm³/mol. The molecule has 1 fully saturated rings. The van der Waals surface area contributed by atoms with Crippen LogP contribution in [0.5, 0.6) is 5.88 Å². The van der Waals surface area contributed by atoms with E-state index in [1.807, 2.05) is 36.0 Å². The van der Waals surface area contributed by atoms with E-state index in [0.717, 1.165) is 55.8 Å². The molecule has 0 bridgehead atoms. The van der Waals surface area contributed by atoms with E-state index in [1.165, 1.54) is 40.7 Å². The van der Waals surface area contributed by atoms with Gasteiger partial charge in [0.25, 0.3) is 5.91 Å². The summed E-state index contributed by atoms with van der Waals surface area (Å²) >= 11 is 1.89. The summed E-state index contributed by atoms with van der Waals surface area (Å²) in [5, 5.41) is 3.87. The molecule has 0 aliphatic carbocycles. The number of benzene rings is 3. The first kappa shape index (κ1) is 39.4. The number of likely N-dealkylation sites (tertiary alicyclic amines) is 1. The van der Waals surface area contributed by atoms with Gasteiger partial charge in [0.2, 0.25) is 5.88 Å². The van der Waals surface area contributed by atoms with Crippen LogP contribution in [-0.4, -0.2) is 80.2 Å². The van der Waals surface area contributed by atoms with E-state index in [2.05, 4.69) is 101 Å². The van der Waals surface area contributed by atoms with Gasteiger partial charge >= 0.3 is 0 Å². The summed E-state index contributed by atoms with van der Waals surface area (Å²) in [7, 11) is 2.23. The number of nitrogens with one attached hydrogen (secondary N) is 1. The van der Waals surface area contributed by atoms with Gasteiger partial charge in [0.1, 0.15) is 0 Å². The van der Waals surface area contributed by atoms with Gasteiger partial charge in [-0.2, -0.15) is 0 Å². The number of amides is 1. The molecule has 0 saturated carbocycles. The number of likely N-dealkylation sites (N-methyl/N-ethyl adjacent to an activating group) is 1. The maximum absolute atomic E-state index is 12.7. The smallest absolute Gasteiger partial charge is 0.252 e. The number of aromatic nitrogens is 1. The van der Waals surface area contributed by atoms with Crippen molar-refractivity contribution in [2.24, 2.45) is 5.92 Å². The summed E-state index contributed by atoms with van der Waals surface area (Å²) in [5.74, 6) is 1.20. The lowest BCUT2D eigenvalue weighted by molar-refractivity contribution is 0.0950. The first-order valence-electron chi connectivity index (χ1n) is 16.9. The van der Waals surface area contributed by atoms with Crippen molar-refractivity contribution in [2.75, 3.05) is 64.4 Å². The van der Waals surface area contributed by atoms with Crippen LogP contribution < -0.4 is 15.0 Å². The topological polar surface area (TPSA) is 60.9 Å². The Bertz CT molecular complexity index is 1540. The molecule has 1 aromatic heterocycles. The zero-order valence-corrected chi connectivity index (χ0v) is 31.1. The van der Waals surface area contributed by atoms with Crippen molar-refractivity contribution in [2.45, 2.75) is 49.8 Å². The highest BCUT2D eigenvalue weighted by Gasteiger charge is 2.28. The molecule has 1 atom stereocenters. The molecule has 260 valence electrons. The van der Waals surface area contributed by atoms with Crippen LogP contribution in [0.1, 0.15) is 50.4 Å². The van der Waals surface area contributed by atoms with Gasteiger partial charge in [0.15, 0.2) is 0 Å². The molecule has 48 heavy (non-hydrogen) atoms. The molecular formula is C38H51Cl2N5O2S. The third-order valence-electron chi connectivity index (χ3n) is 8.75. The van der Waals surface area contributed by atoms with Gasteiger partial charge < -0.3 is 24.8 Å². The maximum Gasteiger partial charge on any atom is 0.252 e. The Morgan fingerprint density at radius 3 is 2.23 bits per heavy atom. The minimum Gasteiger partial charge on any atom is -0.478 e. The van der Waals surface area contributed by atoms with E-state index in [4.69, 9.17) is 4.74 Å². The molecule has 6 rings (SSSR count). The number of rotatable bonds is 12. The SMILES string of the molecule is CCCCOc1cc(C(=O)NCCN(CC)CC)c2ccccc2n1.CN1CCC(CN2c3ccccc3Sc3ccccc32)C1.Cl.Cl. The Morgan fingerprint density at radius 2 is 1.60 bits per heavy atom. The normalized spacial score (nSPS) is 15.0. The van der Waals surface area contributed by atoms with E-state index in [0.29, 0.717) is 24.6 Å². The first-order valence-corrected chi connectivity index (χ1v) is 17.7. The Morgan fingerprint density at radius 1 is 0.958 bits per heavy atom. The number of unbranched alkanes of at least 4 members (excludes halogenated alkanes) is 1. The summed E-state index contributed by atoms with van der Waals surface area (Å²) in [6.07, 6.45) is 3.34. The van der Waals surface area contributed by atoms with Crippen molar-refractivity contribution >= 4 is 64.8 Å². The van der Waals surface area contributed by atoms with Crippen LogP contribution in [0.2, 0.25) is 0 Å². The lowest BCUT2D eigenvalue weighted by atomic mass is 10.1. The number of nitrogens with zero attached hydrogens (tertiary/aromatic N) is 4. The van der Waals surface area contributed by atoms with Gasteiger partial charge in [-0.1, -0.05) is 81.4 Å². The molecule has 1 amide bonds. The van der Waals surface area contributed by atoms with Crippen molar-refractivity contribution in [1.29, 1.82) is 0 Å². The summed E-state index contributed by atoms with van der Waals surface area (Å²) in [4.78, 5) is 27.2. The van der Waals surface area contributed by atoms with Crippen molar-refractivity contribution in [3.63, 3.8) is 0 Å². The van der Waals surface area contributed by atoms with Crippen LogP contribution in [0.3, 0.4) is 0 Å². The molecule has 3 aromatic carbocycles. The average Bonchev–Trinajstić information content (AvgIpc) is 3.50.